The zero-order valence-electron chi connectivity index (χ0n) is 12.6. The molecule has 0 atom stereocenters. The summed E-state index contributed by atoms with van der Waals surface area (Å²) < 4.78 is 11.0. The Morgan fingerprint density at radius 1 is 1.19 bits per heavy atom. The Kier molecular flexibility index (Phi) is 6.34. The lowest BCUT2D eigenvalue weighted by atomic mass is 10.1. The Bertz CT molecular complexity index is 463. The van der Waals surface area contributed by atoms with Crippen molar-refractivity contribution in [2.24, 2.45) is 0 Å². The second-order valence-corrected chi connectivity index (χ2v) is 5.11. The zero-order chi connectivity index (χ0) is 14.9. The van der Waals surface area contributed by atoms with Crippen molar-refractivity contribution in [2.45, 2.75) is 26.2 Å². The summed E-state index contributed by atoms with van der Waals surface area (Å²) in [5, 5.41) is 6.04. The third kappa shape index (κ3) is 5.27. The molecule has 5 heteroatoms. The molecule has 0 spiro atoms. The van der Waals surface area contributed by atoms with Crippen LogP contribution in [0, 0.1) is 0 Å². The van der Waals surface area contributed by atoms with E-state index in [2.05, 4.69) is 17.6 Å². The number of rotatable bonds is 8. The van der Waals surface area contributed by atoms with Gasteiger partial charge in [-0.25, -0.2) is 0 Å². The van der Waals surface area contributed by atoms with E-state index >= 15 is 0 Å². The first kappa shape index (κ1) is 15.6. The van der Waals surface area contributed by atoms with Crippen molar-refractivity contribution >= 4 is 5.91 Å². The Morgan fingerprint density at radius 2 is 2.00 bits per heavy atom. The third-order valence-corrected chi connectivity index (χ3v) is 3.34. The molecule has 0 radical (unpaired) electrons. The average molecular weight is 292 g/mol. The molecule has 1 aliphatic heterocycles. The molecule has 0 aromatic heterocycles. The van der Waals surface area contributed by atoms with Crippen LogP contribution in [0.2, 0.25) is 0 Å². The maximum Gasteiger partial charge on any atom is 0.233 e. The van der Waals surface area contributed by atoms with E-state index in [0.717, 1.165) is 43.9 Å². The van der Waals surface area contributed by atoms with Gasteiger partial charge in [-0.1, -0.05) is 19.4 Å². The predicted octanol–water partition coefficient (Wildman–Crippen LogP) is 1.51. The number of ether oxygens (including phenoxy) is 2. The number of carbonyl (C=O) groups excluding carboxylic acids is 1. The van der Waals surface area contributed by atoms with Crippen LogP contribution < -0.4 is 20.1 Å². The van der Waals surface area contributed by atoms with Gasteiger partial charge in [0.25, 0.3) is 0 Å². The SMILES string of the molecule is CCCCNC(=O)CNCCc1ccc2c(c1)OCCO2. The maximum atomic E-state index is 11.5. The van der Waals surface area contributed by atoms with E-state index in [0.29, 0.717) is 19.8 Å². The van der Waals surface area contributed by atoms with E-state index in [1.165, 1.54) is 5.56 Å². The summed E-state index contributed by atoms with van der Waals surface area (Å²) in [7, 11) is 0. The lowest BCUT2D eigenvalue weighted by Crippen LogP contribution is -2.35. The maximum absolute atomic E-state index is 11.5. The fourth-order valence-corrected chi connectivity index (χ4v) is 2.15. The van der Waals surface area contributed by atoms with Crippen molar-refractivity contribution in [3.05, 3.63) is 23.8 Å². The zero-order valence-corrected chi connectivity index (χ0v) is 12.6. The van der Waals surface area contributed by atoms with Gasteiger partial charge in [0.1, 0.15) is 13.2 Å². The molecule has 21 heavy (non-hydrogen) atoms. The predicted molar refractivity (Wildman–Crippen MR) is 81.9 cm³/mol. The van der Waals surface area contributed by atoms with E-state index in [-0.39, 0.29) is 5.91 Å². The van der Waals surface area contributed by atoms with Gasteiger partial charge in [0.2, 0.25) is 5.91 Å². The lowest BCUT2D eigenvalue weighted by Gasteiger charge is -2.18. The highest BCUT2D eigenvalue weighted by Gasteiger charge is 2.11. The molecule has 0 saturated heterocycles. The molecule has 0 fully saturated rings. The van der Waals surface area contributed by atoms with E-state index in [1.54, 1.807) is 0 Å². The monoisotopic (exact) mass is 292 g/mol. The smallest absolute Gasteiger partial charge is 0.233 e. The van der Waals surface area contributed by atoms with Crippen LogP contribution in [-0.4, -0.2) is 38.8 Å². The topological polar surface area (TPSA) is 59.6 Å². The van der Waals surface area contributed by atoms with Crippen LogP contribution in [0.1, 0.15) is 25.3 Å². The molecule has 0 saturated carbocycles. The minimum absolute atomic E-state index is 0.0608. The first-order valence-corrected chi connectivity index (χ1v) is 7.65. The number of unbranched alkanes of at least 4 members (excludes halogenated alkanes) is 1. The Labute approximate surface area is 126 Å². The average Bonchev–Trinajstić information content (AvgIpc) is 2.52. The van der Waals surface area contributed by atoms with Crippen LogP contribution in [-0.2, 0) is 11.2 Å². The number of nitrogens with one attached hydrogen (secondary N) is 2. The van der Waals surface area contributed by atoms with Crippen molar-refractivity contribution in [3.63, 3.8) is 0 Å². The quantitative estimate of drug-likeness (QED) is 0.713. The molecule has 0 unspecified atom stereocenters. The molecule has 1 amide bonds. The second-order valence-electron chi connectivity index (χ2n) is 5.11. The number of hydrogen-bond acceptors (Lipinski definition) is 4. The number of carbonyl (C=O) groups is 1. The van der Waals surface area contributed by atoms with Gasteiger partial charge in [0.15, 0.2) is 11.5 Å². The van der Waals surface area contributed by atoms with Gasteiger partial charge in [-0.05, 0) is 37.1 Å². The Morgan fingerprint density at radius 3 is 2.81 bits per heavy atom. The summed E-state index contributed by atoms with van der Waals surface area (Å²) in [6, 6.07) is 6.00. The van der Waals surface area contributed by atoms with Crippen molar-refractivity contribution in [3.8, 4) is 11.5 Å². The fraction of sp³-hybridized carbons (Fsp3) is 0.562. The van der Waals surface area contributed by atoms with Gasteiger partial charge >= 0.3 is 0 Å². The number of amides is 1. The minimum atomic E-state index is 0.0608. The molecule has 2 rings (SSSR count). The molecule has 1 aromatic carbocycles. The highest BCUT2D eigenvalue weighted by Crippen LogP contribution is 2.30. The molecular weight excluding hydrogens is 268 g/mol. The van der Waals surface area contributed by atoms with E-state index in [9.17, 15) is 4.79 Å². The van der Waals surface area contributed by atoms with Crippen molar-refractivity contribution in [1.29, 1.82) is 0 Å². The van der Waals surface area contributed by atoms with Crippen molar-refractivity contribution in [2.75, 3.05) is 32.8 Å². The number of fused-ring (bicyclic) bond motifs is 1. The minimum Gasteiger partial charge on any atom is -0.486 e. The van der Waals surface area contributed by atoms with E-state index in [4.69, 9.17) is 9.47 Å². The van der Waals surface area contributed by atoms with E-state index in [1.807, 2.05) is 18.2 Å². The normalized spacial score (nSPS) is 13.0. The molecule has 2 N–H and O–H groups in total. The largest absolute Gasteiger partial charge is 0.486 e. The summed E-state index contributed by atoms with van der Waals surface area (Å²) in [6.45, 7) is 5.22. The standard InChI is InChI=1S/C16H24N2O3/c1-2-3-7-18-16(19)12-17-8-6-13-4-5-14-15(11-13)21-10-9-20-14/h4-5,11,17H,2-3,6-10,12H2,1H3,(H,18,19). The number of benzene rings is 1. The summed E-state index contributed by atoms with van der Waals surface area (Å²) >= 11 is 0. The van der Waals surface area contributed by atoms with Gasteiger partial charge < -0.3 is 20.1 Å². The molecule has 5 nitrogen and oxygen atoms in total. The van der Waals surface area contributed by atoms with E-state index < -0.39 is 0 Å². The highest BCUT2D eigenvalue weighted by molar-refractivity contribution is 5.77. The molecular formula is C16H24N2O3. The van der Waals surface area contributed by atoms with Crippen LogP contribution in [0.3, 0.4) is 0 Å². The Hall–Kier alpha value is -1.75. The lowest BCUT2D eigenvalue weighted by molar-refractivity contribution is -0.120. The van der Waals surface area contributed by atoms with Crippen LogP contribution in [0.15, 0.2) is 18.2 Å². The highest BCUT2D eigenvalue weighted by atomic mass is 16.6. The summed E-state index contributed by atoms with van der Waals surface area (Å²) in [6.07, 6.45) is 2.99. The fourth-order valence-electron chi connectivity index (χ4n) is 2.15. The summed E-state index contributed by atoms with van der Waals surface area (Å²) in [4.78, 5) is 11.5. The van der Waals surface area contributed by atoms with Gasteiger partial charge in [-0.15, -0.1) is 0 Å². The molecule has 0 bridgehead atoms. The summed E-state index contributed by atoms with van der Waals surface area (Å²) in [5.41, 5.74) is 1.18. The summed E-state index contributed by atoms with van der Waals surface area (Å²) in [5.74, 6) is 1.69. The van der Waals surface area contributed by atoms with Gasteiger partial charge in [-0.3, -0.25) is 4.79 Å². The third-order valence-electron chi connectivity index (χ3n) is 3.34. The van der Waals surface area contributed by atoms with Crippen molar-refractivity contribution in [1.82, 2.24) is 10.6 Å². The van der Waals surface area contributed by atoms with Crippen LogP contribution >= 0.6 is 0 Å². The number of hydrogen-bond donors (Lipinski definition) is 2. The molecule has 0 aliphatic carbocycles. The van der Waals surface area contributed by atoms with Gasteiger partial charge in [-0.2, -0.15) is 0 Å². The molecule has 116 valence electrons. The van der Waals surface area contributed by atoms with Crippen LogP contribution in [0.5, 0.6) is 11.5 Å². The van der Waals surface area contributed by atoms with Crippen LogP contribution in [0.4, 0.5) is 0 Å². The molecule has 1 heterocycles. The first-order valence-electron chi connectivity index (χ1n) is 7.65. The van der Waals surface area contributed by atoms with Gasteiger partial charge in [0, 0.05) is 6.54 Å². The molecule has 1 aromatic rings. The Balaban J connectivity index is 1.65. The second kappa shape index (κ2) is 8.52. The van der Waals surface area contributed by atoms with Crippen molar-refractivity contribution < 1.29 is 14.3 Å². The van der Waals surface area contributed by atoms with Crippen LogP contribution in [0.25, 0.3) is 0 Å². The molecule has 1 aliphatic rings. The van der Waals surface area contributed by atoms with Gasteiger partial charge in [0.05, 0.1) is 6.54 Å². The first-order chi connectivity index (χ1) is 10.3.